The van der Waals surface area contributed by atoms with Gasteiger partial charge < -0.3 is 24.3 Å². The Morgan fingerprint density at radius 1 is 0.964 bits per heavy atom. The first-order chi connectivity index (χ1) is 13.3. The van der Waals surface area contributed by atoms with Crippen molar-refractivity contribution in [2.24, 2.45) is 0 Å². The molecule has 7 nitrogen and oxygen atoms in total. The van der Waals surface area contributed by atoms with Gasteiger partial charge >= 0.3 is 12.6 Å². The minimum absolute atomic E-state index is 0.214. The van der Waals surface area contributed by atoms with Crippen molar-refractivity contribution in [2.45, 2.75) is 19.6 Å². The van der Waals surface area contributed by atoms with Crippen LogP contribution >= 0.6 is 0 Å². The summed E-state index contributed by atoms with van der Waals surface area (Å²) in [4.78, 5) is 24.5. The number of esters is 1. The van der Waals surface area contributed by atoms with Crippen LogP contribution in [0.5, 0.6) is 17.2 Å². The molecule has 150 valence electrons. The van der Waals surface area contributed by atoms with Crippen LogP contribution in [0, 0.1) is 0 Å². The van der Waals surface area contributed by atoms with Gasteiger partial charge in [0.25, 0.3) is 5.91 Å². The fraction of sp³-hybridized carbons (Fsp3) is 0.263. The van der Waals surface area contributed by atoms with Crippen molar-refractivity contribution >= 4 is 17.6 Å². The Hall–Kier alpha value is -3.36. The molecule has 0 saturated heterocycles. The Morgan fingerprint density at radius 3 is 2.29 bits per heavy atom. The van der Waals surface area contributed by atoms with E-state index in [9.17, 15) is 18.4 Å². The predicted octanol–water partition coefficient (Wildman–Crippen LogP) is 3.49. The van der Waals surface area contributed by atoms with E-state index in [1.807, 2.05) is 0 Å². The number of nitrogens with one attached hydrogen (secondary N) is 1. The number of rotatable bonds is 8. The van der Waals surface area contributed by atoms with Crippen LogP contribution in [0.1, 0.15) is 17.3 Å². The number of amides is 1. The number of ether oxygens (including phenoxy) is 4. The van der Waals surface area contributed by atoms with E-state index >= 15 is 0 Å². The summed E-state index contributed by atoms with van der Waals surface area (Å²) >= 11 is 0. The molecule has 1 N–H and O–H groups in total. The fourth-order valence-electron chi connectivity index (χ4n) is 2.27. The van der Waals surface area contributed by atoms with Crippen LogP contribution in [0.2, 0.25) is 0 Å². The van der Waals surface area contributed by atoms with Gasteiger partial charge in [-0.3, -0.25) is 4.79 Å². The van der Waals surface area contributed by atoms with E-state index < -0.39 is 24.6 Å². The van der Waals surface area contributed by atoms with Crippen molar-refractivity contribution in [1.82, 2.24) is 0 Å². The molecule has 1 atom stereocenters. The van der Waals surface area contributed by atoms with E-state index in [1.165, 1.54) is 51.5 Å². The highest BCUT2D eigenvalue weighted by molar-refractivity contribution is 5.98. The van der Waals surface area contributed by atoms with E-state index in [1.54, 1.807) is 12.1 Å². The number of halogens is 2. The number of carbonyl (C=O) groups excluding carboxylic acids is 2. The highest BCUT2D eigenvalue weighted by Gasteiger charge is 2.22. The standard InChI is InChI=1S/C19H19F2NO6/c1-11(17(23)22-12-8-9-15(25-2)16(10-12)26-3)27-18(24)13-6-4-5-7-14(13)28-19(20)21/h4-11,19H,1-3H3,(H,22,23)/t11-/m1/s1. The van der Waals surface area contributed by atoms with E-state index in [4.69, 9.17) is 14.2 Å². The van der Waals surface area contributed by atoms with Crippen molar-refractivity contribution in [3.05, 3.63) is 48.0 Å². The number of anilines is 1. The zero-order chi connectivity index (χ0) is 20.7. The Labute approximate surface area is 160 Å². The maximum atomic E-state index is 12.5. The number of benzene rings is 2. The molecule has 0 aliphatic rings. The molecule has 0 fully saturated rings. The summed E-state index contributed by atoms with van der Waals surface area (Å²) in [6, 6.07) is 10.1. The van der Waals surface area contributed by atoms with Crippen molar-refractivity contribution in [1.29, 1.82) is 0 Å². The first kappa shape index (κ1) is 20.9. The molecule has 0 aliphatic heterocycles. The highest BCUT2D eigenvalue weighted by atomic mass is 19.3. The van der Waals surface area contributed by atoms with Crippen LogP contribution in [0.15, 0.2) is 42.5 Å². The molecule has 0 radical (unpaired) electrons. The van der Waals surface area contributed by atoms with Gasteiger partial charge in [0, 0.05) is 11.8 Å². The van der Waals surface area contributed by atoms with Crippen LogP contribution in [-0.4, -0.2) is 38.8 Å². The molecule has 2 rings (SSSR count). The van der Waals surface area contributed by atoms with Crippen LogP contribution in [0.25, 0.3) is 0 Å². The van der Waals surface area contributed by atoms with Crippen LogP contribution < -0.4 is 19.5 Å². The van der Waals surface area contributed by atoms with Crippen LogP contribution in [0.3, 0.4) is 0 Å². The molecule has 0 heterocycles. The summed E-state index contributed by atoms with van der Waals surface area (Å²) < 4.78 is 44.5. The maximum absolute atomic E-state index is 12.5. The average molecular weight is 395 g/mol. The second kappa shape index (κ2) is 9.54. The third-order valence-electron chi connectivity index (χ3n) is 3.63. The van der Waals surface area contributed by atoms with Gasteiger partial charge in [-0.2, -0.15) is 8.78 Å². The van der Waals surface area contributed by atoms with Gasteiger partial charge in [-0.1, -0.05) is 12.1 Å². The smallest absolute Gasteiger partial charge is 0.387 e. The van der Waals surface area contributed by atoms with Crippen molar-refractivity contribution in [3.8, 4) is 17.2 Å². The van der Waals surface area contributed by atoms with E-state index in [2.05, 4.69) is 10.1 Å². The Balaban J connectivity index is 2.05. The summed E-state index contributed by atoms with van der Waals surface area (Å²) in [7, 11) is 2.93. The summed E-state index contributed by atoms with van der Waals surface area (Å²) in [6.45, 7) is -1.75. The van der Waals surface area contributed by atoms with Crippen LogP contribution in [-0.2, 0) is 9.53 Å². The molecule has 0 saturated carbocycles. The molecular formula is C19H19F2NO6. The summed E-state index contributed by atoms with van der Waals surface area (Å²) in [5.74, 6) is -1.03. The second-order valence-corrected chi connectivity index (χ2v) is 5.48. The summed E-state index contributed by atoms with van der Waals surface area (Å²) in [5.41, 5.74) is 0.181. The van der Waals surface area contributed by atoms with Gasteiger partial charge in [0.1, 0.15) is 11.3 Å². The lowest BCUT2D eigenvalue weighted by Gasteiger charge is -2.16. The Kier molecular flexibility index (Phi) is 7.14. The largest absolute Gasteiger partial charge is 0.493 e. The van der Waals surface area contributed by atoms with Gasteiger partial charge in [-0.25, -0.2) is 4.79 Å². The molecule has 0 bridgehead atoms. The van der Waals surface area contributed by atoms with E-state index in [0.29, 0.717) is 17.2 Å². The van der Waals surface area contributed by atoms with Crippen molar-refractivity contribution in [3.63, 3.8) is 0 Å². The molecule has 0 unspecified atom stereocenters. The molecule has 0 aromatic heterocycles. The first-order valence-corrected chi connectivity index (χ1v) is 8.13. The van der Waals surface area contributed by atoms with E-state index in [-0.39, 0.29) is 11.3 Å². The fourth-order valence-corrected chi connectivity index (χ4v) is 2.27. The van der Waals surface area contributed by atoms with Crippen molar-refractivity contribution < 1.29 is 37.3 Å². The minimum Gasteiger partial charge on any atom is -0.493 e. The lowest BCUT2D eigenvalue weighted by Crippen LogP contribution is -2.30. The lowest BCUT2D eigenvalue weighted by molar-refractivity contribution is -0.123. The second-order valence-electron chi connectivity index (χ2n) is 5.48. The number of alkyl halides is 2. The normalized spacial score (nSPS) is 11.5. The zero-order valence-corrected chi connectivity index (χ0v) is 15.4. The molecule has 2 aromatic carbocycles. The Morgan fingerprint density at radius 2 is 1.64 bits per heavy atom. The zero-order valence-electron chi connectivity index (χ0n) is 15.4. The summed E-state index contributed by atoms with van der Waals surface area (Å²) in [5, 5.41) is 2.57. The number of para-hydroxylation sites is 1. The minimum atomic E-state index is -3.10. The third-order valence-corrected chi connectivity index (χ3v) is 3.63. The molecule has 0 aliphatic carbocycles. The van der Waals surface area contributed by atoms with Gasteiger partial charge in [-0.15, -0.1) is 0 Å². The topological polar surface area (TPSA) is 83.1 Å². The SMILES string of the molecule is COc1ccc(NC(=O)[C@@H](C)OC(=O)c2ccccc2OC(F)F)cc1OC. The van der Waals surface area contributed by atoms with E-state index in [0.717, 1.165) is 0 Å². The molecule has 1 amide bonds. The monoisotopic (exact) mass is 395 g/mol. The molecule has 9 heteroatoms. The number of methoxy groups -OCH3 is 2. The molecule has 28 heavy (non-hydrogen) atoms. The predicted molar refractivity (Wildman–Crippen MR) is 96.1 cm³/mol. The van der Waals surface area contributed by atoms with Gasteiger partial charge in [0.05, 0.1) is 14.2 Å². The number of hydrogen-bond donors (Lipinski definition) is 1. The quantitative estimate of drug-likeness (QED) is 0.689. The Bertz CT molecular complexity index is 843. The van der Waals surface area contributed by atoms with Gasteiger partial charge in [0.2, 0.25) is 0 Å². The van der Waals surface area contributed by atoms with Crippen LogP contribution in [0.4, 0.5) is 14.5 Å². The lowest BCUT2D eigenvalue weighted by atomic mass is 10.2. The molecular weight excluding hydrogens is 376 g/mol. The summed E-state index contributed by atoms with van der Waals surface area (Å²) in [6.07, 6.45) is -1.19. The first-order valence-electron chi connectivity index (χ1n) is 8.13. The van der Waals surface area contributed by atoms with Crippen molar-refractivity contribution in [2.75, 3.05) is 19.5 Å². The average Bonchev–Trinajstić information content (AvgIpc) is 2.67. The number of hydrogen-bond acceptors (Lipinski definition) is 6. The maximum Gasteiger partial charge on any atom is 0.387 e. The molecule has 0 spiro atoms. The van der Waals surface area contributed by atoms with Gasteiger partial charge in [0.15, 0.2) is 17.6 Å². The third kappa shape index (κ3) is 5.32. The highest BCUT2D eigenvalue weighted by Crippen LogP contribution is 2.30. The van der Waals surface area contributed by atoms with Gasteiger partial charge in [-0.05, 0) is 31.2 Å². The number of carbonyl (C=O) groups is 2. The molecule has 2 aromatic rings.